The third-order valence-corrected chi connectivity index (χ3v) is 2.81. The highest BCUT2D eigenvalue weighted by molar-refractivity contribution is 5.98. The molecule has 1 fully saturated rings. The molecule has 1 aliphatic rings. The van der Waals surface area contributed by atoms with Crippen LogP contribution in [0.3, 0.4) is 0 Å². The van der Waals surface area contributed by atoms with Crippen molar-refractivity contribution in [1.29, 1.82) is 0 Å². The molecule has 1 aliphatic heterocycles. The Labute approximate surface area is 96.1 Å². The van der Waals surface area contributed by atoms with Gasteiger partial charge in [0.1, 0.15) is 13.2 Å². The van der Waals surface area contributed by atoms with E-state index in [1.807, 2.05) is 7.05 Å². The van der Waals surface area contributed by atoms with Gasteiger partial charge in [-0.25, -0.2) is 0 Å². The monoisotopic (exact) mass is 228 g/mol. The number of carbonyl (C=O) groups excluding carboxylic acids is 2. The predicted octanol–water partition coefficient (Wildman–Crippen LogP) is 0.150. The van der Waals surface area contributed by atoms with Crippen molar-refractivity contribution in [2.24, 2.45) is 0 Å². The van der Waals surface area contributed by atoms with Gasteiger partial charge in [-0.05, 0) is 26.8 Å². The number of unbranched alkanes of at least 4 members (excludes halogenated alkanes) is 1. The summed E-state index contributed by atoms with van der Waals surface area (Å²) < 4.78 is 4.84. The Morgan fingerprint density at radius 1 is 1.31 bits per heavy atom. The van der Waals surface area contributed by atoms with E-state index in [0.717, 1.165) is 19.3 Å². The molecule has 1 atom stereocenters. The second-order valence-corrected chi connectivity index (χ2v) is 4.12. The number of morpholine rings is 1. The highest BCUT2D eigenvalue weighted by atomic mass is 16.5. The topological polar surface area (TPSA) is 58.6 Å². The minimum Gasteiger partial charge on any atom is -0.362 e. The van der Waals surface area contributed by atoms with Gasteiger partial charge in [-0.2, -0.15) is 0 Å². The standard InChI is InChI=1S/C11H20N2O3/c1-9(12-2)5-3-4-6-13-10(14)7-16-8-11(13)15/h9,12H,3-8H2,1-2H3. The first kappa shape index (κ1) is 13.1. The zero-order valence-corrected chi connectivity index (χ0v) is 9.99. The lowest BCUT2D eigenvalue weighted by atomic mass is 10.1. The van der Waals surface area contributed by atoms with Crippen molar-refractivity contribution >= 4 is 11.8 Å². The summed E-state index contributed by atoms with van der Waals surface area (Å²) in [5.41, 5.74) is 0. The molecule has 0 aromatic rings. The number of nitrogens with one attached hydrogen (secondary N) is 1. The molecule has 2 amide bonds. The van der Waals surface area contributed by atoms with E-state index >= 15 is 0 Å². The maximum absolute atomic E-state index is 11.4. The van der Waals surface area contributed by atoms with Gasteiger partial charge in [0.25, 0.3) is 11.8 Å². The van der Waals surface area contributed by atoms with E-state index < -0.39 is 0 Å². The highest BCUT2D eigenvalue weighted by Crippen LogP contribution is 2.06. The summed E-state index contributed by atoms with van der Waals surface area (Å²) in [4.78, 5) is 24.0. The SMILES string of the molecule is CNC(C)CCCCN1C(=O)COCC1=O. The number of imide groups is 1. The summed E-state index contributed by atoms with van der Waals surface area (Å²) in [6.45, 7) is 2.72. The first-order valence-electron chi connectivity index (χ1n) is 5.73. The van der Waals surface area contributed by atoms with Gasteiger partial charge in [0.15, 0.2) is 0 Å². The van der Waals surface area contributed by atoms with Crippen LogP contribution >= 0.6 is 0 Å². The molecule has 0 aromatic heterocycles. The van der Waals surface area contributed by atoms with Crippen LogP contribution in [0.2, 0.25) is 0 Å². The van der Waals surface area contributed by atoms with E-state index in [9.17, 15) is 9.59 Å². The Morgan fingerprint density at radius 2 is 1.94 bits per heavy atom. The lowest BCUT2D eigenvalue weighted by Crippen LogP contribution is -2.46. The van der Waals surface area contributed by atoms with Crippen LogP contribution in [0.15, 0.2) is 0 Å². The van der Waals surface area contributed by atoms with Gasteiger partial charge in [0.05, 0.1) is 0 Å². The number of amides is 2. The van der Waals surface area contributed by atoms with Crippen LogP contribution in [0.5, 0.6) is 0 Å². The van der Waals surface area contributed by atoms with Gasteiger partial charge in [-0.1, -0.05) is 6.42 Å². The van der Waals surface area contributed by atoms with E-state index in [0.29, 0.717) is 12.6 Å². The zero-order valence-electron chi connectivity index (χ0n) is 9.99. The second-order valence-electron chi connectivity index (χ2n) is 4.12. The van der Waals surface area contributed by atoms with Crippen molar-refractivity contribution in [3.63, 3.8) is 0 Å². The van der Waals surface area contributed by atoms with E-state index in [-0.39, 0.29) is 25.0 Å². The molecule has 0 aliphatic carbocycles. The minimum atomic E-state index is -0.210. The number of hydrogen-bond acceptors (Lipinski definition) is 4. The molecule has 0 bridgehead atoms. The van der Waals surface area contributed by atoms with Gasteiger partial charge < -0.3 is 10.1 Å². The van der Waals surface area contributed by atoms with Crippen molar-refractivity contribution in [1.82, 2.24) is 10.2 Å². The summed E-state index contributed by atoms with van der Waals surface area (Å²) in [7, 11) is 1.93. The van der Waals surface area contributed by atoms with Crippen LogP contribution in [-0.4, -0.2) is 49.6 Å². The molecule has 1 heterocycles. The molecule has 0 radical (unpaired) electrons. The van der Waals surface area contributed by atoms with Gasteiger partial charge in [-0.15, -0.1) is 0 Å². The molecule has 0 aromatic carbocycles. The summed E-state index contributed by atoms with van der Waals surface area (Å²) >= 11 is 0. The van der Waals surface area contributed by atoms with Crippen molar-refractivity contribution in [3.05, 3.63) is 0 Å². The largest absolute Gasteiger partial charge is 0.362 e. The molecule has 5 nitrogen and oxygen atoms in total. The molecule has 1 rings (SSSR count). The third kappa shape index (κ3) is 3.90. The molecule has 0 spiro atoms. The van der Waals surface area contributed by atoms with Crippen molar-refractivity contribution in [3.8, 4) is 0 Å². The molecule has 1 N–H and O–H groups in total. The molecular formula is C11H20N2O3. The van der Waals surface area contributed by atoms with Gasteiger partial charge in [-0.3, -0.25) is 14.5 Å². The fraction of sp³-hybridized carbons (Fsp3) is 0.818. The summed E-state index contributed by atoms with van der Waals surface area (Å²) in [6, 6.07) is 0.482. The molecular weight excluding hydrogens is 208 g/mol. The first-order chi connectivity index (χ1) is 7.65. The van der Waals surface area contributed by atoms with E-state index in [1.54, 1.807) is 0 Å². The first-order valence-corrected chi connectivity index (χ1v) is 5.73. The number of hydrogen-bond donors (Lipinski definition) is 1. The lowest BCUT2D eigenvalue weighted by molar-refractivity contribution is -0.158. The molecule has 5 heteroatoms. The van der Waals surface area contributed by atoms with Crippen LogP contribution in [0.4, 0.5) is 0 Å². The van der Waals surface area contributed by atoms with Crippen LogP contribution in [-0.2, 0) is 14.3 Å². The molecule has 1 unspecified atom stereocenters. The van der Waals surface area contributed by atoms with Crippen LogP contribution in [0, 0.1) is 0 Å². The van der Waals surface area contributed by atoms with Crippen molar-refractivity contribution < 1.29 is 14.3 Å². The average Bonchev–Trinajstić information content (AvgIpc) is 2.27. The molecule has 16 heavy (non-hydrogen) atoms. The fourth-order valence-electron chi connectivity index (χ4n) is 1.63. The summed E-state index contributed by atoms with van der Waals surface area (Å²) in [5, 5.41) is 3.15. The summed E-state index contributed by atoms with van der Waals surface area (Å²) in [6.07, 6.45) is 2.94. The Kier molecular flexibility index (Phi) is 5.42. The number of rotatable bonds is 6. The Balaban J connectivity index is 2.20. The number of carbonyl (C=O) groups is 2. The maximum Gasteiger partial charge on any atom is 0.255 e. The Bertz CT molecular complexity index is 240. The molecule has 0 saturated carbocycles. The van der Waals surface area contributed by atoms with Gasteiger partial charge in [0.2, 0.25) is 0 Å². The van der Waals surface area contributed by atoms with Crippen LogP contribution in [0.25, 0.3) is 0 Å². The smallest absolute Gasteiger partial charge is 0.255 e. The third-order valence-electron chi connectivity index (χ3n) is 2.81. The molecule has 1 saturated heterocycles. The van der Waals surface area contributed by atoms with Crippen LogP contribution in [0.1, 0.15) is 26.2 Å². The van der Waals surface area contributed by atoms with E-state index in [1.165, 1.54) is 4.90 Å². The van der Waals surface area contributed by atoms with E-state index in [2.05, 4.69) is 12.2 Å². The van der Waals surface area contributed by atoms with E-state index in [4.69, 9.17) is 4.74 Å². The zero-order chi connectivity index (χ0) is 12.0. The second kappa shape index (κ2) is 6.60. The Hall–Kier alpha value is -0.940. The number of ether oxygens (including phenoxy) is 1. The van der Waals surface area contributed by atoms with Crippen LogP contribution < -0.4 is 5.32 Å². The minimum absolute atomic E-state index is 0.0403. The fourth-order valence-corrected chi connectivity index (χ4v) is 1.63. The van der Waals surface area contributed by atoms with Gasteiger partial charge in [0, 0.05) is 12.6 Å². The predicted molar refractivity (Wildman–Crippen MR) is 59.9 cm³/mol. The van der Waals surface area contributed by atoms with Crippen molar-refractivity contribution in [2.75, 3.05) is 26.8 Å². The summed E-state index contributed by atoms with van der Waals surface area (Å²) in [5.74, 6) is -0.421. The van der Waals surface area contributed by atoms with Crippen molar-refractivity contribution in [2.45, 2.75) is 32.2 Å². The quantitative estimate of drug-likeness (QED) is 0.519. The van der Waals surface area contributed by atoms with Gasteiger partial charge >= 0.3 is 0 Å². The lowest BCUT2D eigenvalue weighted by Gasteiger charge is -2.24. The molecule has 92 valence electrons. The Morgan fingerprint density at radius 3 is 2.50 bits per heavy atom. The maximum atomic E-state index is 11.4. The number of nitrogens with zero attached hydrogens (tertiary/aromatic N) is 1. The highest BCUT2D eigenvalue weighted by Gasteiger charge is 2.25. The average molecular weight is 228 g/mol. The normalized spacial score (nSPS) is 19.0.